The van der Waals surface area contributed by atoms with Gasteiger partial charge in [0.1, 0.15) is 11.3 Å². The number of nitrogens with zero attached hydrogens (tertiary/aromatic N) is 1. The molecule has 0 atom stereocenters. The van der Waals surface area contributed by atoms with Crippen LogP contribution in [0.4, 0.5) is 10.5 Å². The summed E-state index contributed by atoms with van der Waals surface area (Å²) in [4.78, 5) is 38.1. The van der Waals surface area contributed by atoms with Gasteiger partial charge >= 0.3 is 6.03 Å². The van der Waals surface area contributed by atoms with Crippen molar-refractivity contribution in [2.45, 2.75) is 0 Å². The second-order valence-corrected chi connectivity index (χ2v) is 6.12. The molecule has 0 aliphatic carbocycles. The molecule has 0 spiro atoms. The Morgan fingerprint density at radius 1 is 1.04 bits per heavy atom. The van der Waals surface area contributed by atoms with Crippen LogP contribution in [0, 0.1) is 0 Å². The van der Waals surface area contributed by atoms with Crippen molar-refractivity contribution >= 4 is 52.8 Å². The first-order chi connectivity index (χ1) is 12.4. The lowest BCUT2D eigenvalue weighted by atomic mass is 10.1. The molecule has 8 heteroatoms. The SMILES string of the molecule is COc1ccccc1N1C(=O)NC(=O)/C(=C\c2ccc(Cl)c(Cl)c2)C1=O. The zero-order chi connectivity index (χ0) is 18.8. The summed E-state index contributed by atoms with van der Waals surface area (Å²) in [6, 6.07) is 10.3. The fourth-order valence-corrected chi connectivity index (χ4v) is 2.77. The minimum absolute atomic E-state index is 0.214. The topological polar surface area (TPSA) is 75.7 Å². The van der Waals surface area contributed by atoms with Gasteiger partial charge in [-0.3, -0.25) is 14.9 Å². The fraction of sp³-hybridized carbons (Fsp3) is 0.0556. The van der Waals surface area contributed by atoms with Crippen molar-refractivity contribution in [1.29, 1.82) is 0 Å². The van der Waals surface area contributed by atoms with E-state index in [1.165, 1.54) is 19.3 Å². The van der Waals surface area contributed by atoms with Gasteiger partial charge in [0.15, 0.2) is 0 Å². The third-order valence-electron chi connectivity index (χ3n) is 3.68. The van der Waals surface area contributed by atoms with Gasteiger partial charge < -0.3 is 4.74 Å². The Labute approximate surface area is 158 Å². The Hall–Kier alpha value is -2.83. The van der Waals surface area contributed by atoms with E-state index in [9.17, 15) is 14.4 Å². The van der Waals surface area contributed by atoms with Crippen molar-refractivity contribution in [2.75, 3.05) is 12.0 Å². The molecule has 0 radical (unpaired) electrons. The number of para-hydroxylation sites is 2. The van der Waals surface area contributed by atoms with Crippen LogP contribution in [-0.4, -0.2) is 25.0 Å². The molecule has 1 N–H and O–H groups in total. The highest BCUT2D eigenvalue weighted by atomic mass is 35.5. The standard InChI is InChI=1S/C18H12Cl2N2O4/c1-26-15-5-3-2-4-14(15)22-17(24)11(16(23)21-18(22)25)8-10-6-7-12(19)13(20)9-10/h2-9H,1H3,(H,21,23,25)/b11-8+. The molecule has 3 rings (SSSR count). The van der Waals surface area contributed by atoms with Gasteiger partial charge in [0.2, 0.25) is 0 Å². The molecule has 2 aromatic carbocycles. The largest absolute Gasteiger partial charge is 0.495 e. The number of benzene rings is 2. The Bertz CT molecular complexity index is 956. The van der Waals surface area contributed by atoms with Gasteiger partial charge in [-0.05, 0) is 35.9 Å². The quantitative estimate of drug-likeness (QED) is 0.640. The Morgan fingerprint density at radius 2 is 1.77 bits per heavy atom. The third kappa shape index (κ3) is 3.29. The highest BCUT2D eigenvalue weighted by molar-refractivity contribution is 6.42. The van der Waals surface area contributed by atoms with E-state index in [4.69, 9.17) is 27.9 Å². The number of hydrogen-bond acceptors (Lipinski definition) is 4. The van der Waals surface area contributed by atoms with Gasteiger partial charge in [-0.15, -0.1) is 0 Å². The smallest absolute Gasteiger partial charge is 0.336 e. The summed E-state index contributed by atoms with van der Waals surface area (Å²) in [6.07, 6.45) is 1.34. The number of amides is 4. The van der Waals surface area contributed by atoms with Crippen LogP contribution in [0.2, 0.25) is 10.0 Å². The lowest BCUT2D eigenvalue weighted by Gasteiger charge is -2.27. The Morgan fingerprint density at radius 3 is 2.46 bits per heavy atom. The summed E-state index contributed by atoms with van der Waals surface area (Å²) in [7, 11) is 1.42. The maximum absolute atomic E-state index is 12.8. The van der Waals surface area contributed by atoms with Gasteiger partial charge in [-0.25, -0.2) is 9.69 Å². The molecule has 6 nitrogen and oxygen atoms in total. The fourth-order valence-electron chi connectivity index (χ4n) is 2.46. The molecule has 4 amide bonds. The highest BCUT2D eigenvalue weighted by Gasteiger charge is 2.38. The molecular weight excluding hydrogens is 379 g/mol. The first kappa shape index (κ1) is 18.0. The molecule has 1 heterocycles. The summed E-state index contributed by atoms with van der Waals surface area (Å²) in [6.45, 7) is 0. The Kier molecular flexibility index (Phi) is 4.97. The zero-order valence-corrected chi connectivity index (χ0v) is 15.0. The van der Waals surface area contributed by atoms with Crippen LogP contribution in [0.5, 0.6) is 5.75 Å². The van der Waals surface area contributed by atoms with Gasteiger partial charge in [-0.2, -0.15) is 0 Å². The molecule has 2 aromatic rings. The van der Waals surface area contributed by atoms with Crippen LogP contribution in [0.15, 0.2) is 48.0 Å². The van der Waals surface area contributed by atoms with Gasteiger partial charge in [0.25, 0.3) is 11.8 Å². The minimum Gasteiger partial charge on any atom is -0.495 e. The van der Waals surface area contributed by atoms with E-state index >= 15 is 0 Å². The number of ether oxygens (including phenoxy) is 1. The molecule has 1 aliphatic rings. The molecule has 0 aromatic heterocycles. The average Bonchev–Trinajstić information content (AvgIpc) is 2.62. The summed E-state index contributed by atoms with van der Waals surface area (Å²) < 4.78 is 5.19. The molecule has 1 fully saturated rings. The monoisotopic (exact) mass is 390 g/mol. The van der Waals surface area contributed by atoms with E-state index in [0.717, 1.165) is 4.90 Å². The van der Waals surface area contributed by atoms with E-state index < -0.39 is 17.8 Å². The highest BCUT2D eigenvalue weighted by Crippen LogP contribution is 2.31. The van der Waals surface area contributed by atoms with E-state index in [2.05, 4.69) is 5.32 Å². The molecular formula is C18H12Cl2N2O4. The number of methoxy groups -OCH3 is 1. The maximum Gasteiger partial charge on any atom is 0.336 e. The lowest BCUT2D eigenvalue weighted by Crippen LogP contribution is -2.54. The first-order valence-electron chi connectivity index (χ1n) is 7.42. The summed E-state index contributed by atoms with van der Waals surface area (Å²) in [5.74, 6) is -1.24. The number of urea groups is 1. The second-order valence-electron chi connectivity index (χ2n) is 5.30. The average molecular weight is 391 g/mol. The predicted octanol–water partition coefficient (Wildman–Crippen LogP) is 3.67. The maximum atomic E-state index is 12.8. The van der Waals surface area contributed by atoms with Crippen molar-refractivity contribution in [3.05, 3.63) is 63.6 Å². The van der Waals surface area contributed by atoms with Crippen LogP contribution in [0.25, 0.3) is 6.08 Å². The summed E-state index contributed by atoms with van der Waals surface area (Å²) >= 11 is 11.8. The molecule has 26 heavy (non-hydrogen) atoms. The first-order valence-corrected chi connectivity index (χ1v) is 8.17. The minimum atomic E-state index is -0.851. The number of rotatable bonds is 3. The van der Waals surface area contributed by atoms with Gasteiger partial charge in [0.05, 0.1) is 22.8 Å². The van der Waals surface area contributed by atoms with Crippen LogP contribution in [0.3, 0.4) is 0 Å². The molecule has 0 bridgehead atoms. The van der Waals surface area contributed by atoms with E-state index in [-0.39, 0.29) is 16.3 Å². The van der Waals surface area contributed by atoms with Crippen LogP contribution in [-0.2, 0) is 9.59 Å². The van der Waals surface area contributed by atoms with Crippen LogP contribution < -0.4 is 15.0 Å². The van der Waals surface area contributed by atoms with Crippen molar-refractivity contribution in [2.24, 2.45) is 0 Å². The normalized spacial score (nSPS) is 16.0. The van der Waals surface area contributed by atoms with Crippen molar-refractivity contribution in [3.8, 4) is 5.75 Å². The Balaban J connectivity index is 2.05. The molecule has 0 unspecified atom stereocenters. The predicted molar refractivity (Wildman–Crippen MR) is 98.5 cm³/mol. The van der Waals surface area contributed by atoms with Gasteiger partial charge in [-0.1, -0.05) is 41.4 Å². The number of carbonyl (C=O) groups is 3. The number of imide groups is 2. The molecule has 1 saturated heterocycles. The zero-order valence-electron chi connectivity index (χ0n) is 13.5. The number of nitrogens with one attached hydrogen (secondary N) is 1. The van der Waals surface area contributed by atoms with Crippen molar-refractivity contribution in [3.63, 3.8) is 0 Å². The van der Waals surface area contributed by atoms with Crippen LogP contribution >= 0.6 is 23.2 Å². The lowest BCUT2D eigenvalue weighted by molar-refractivity contribution is -0.122. The third-order valence-corrected chi connectivity index (χ3v) is 4.42. The van der Waals surface area contributed by atoms with E-state index in [1.807, 2.05) is 0 Å². The van der Waals surface area contributed by atoms with Crippen molar-refractivity contribution in [1.82, 2.24) is 5.32 Å². The summed E-state index contributed by atoms with van der Waals surface area (Å²) in [5.41, 5.74) is 0.506. The molecule has 132 valence electrons. The van der Waals surface area contributed by atoms with E-state index in [0.29, 0.717) is 16.3 Å². The number of carbonyl (C=O) groups excluding carboxylic acids is 3. The van der Waals surface area contributed by atoms with Crippen molar-refractivity contribution < 1.29 is 19.1 Å². The van der Waals surface area contributed by atoms with Crippen LogP contribution in [0.1, 0.15) is 5.56 Å². The van der Waals surface area contributed by atoms with Gasteiger partial charge in [0, 0.05) is 0 Å². The molecule has 0 saturated carbocycles. The number of anilines is 1. The van der Waals surface area contributed by atoms with E-state index in [1.54, 1.807) is 36.4 Å². The number of barbiturate groups is 1. The molecule has 1 aliphatic heterocycles. The number of halogens is 2. The second kappa shape index (κ2) is 7.19. The number of hydrogen-bond donors (Lipinski definition) is 1. The summed E-state index contributed by atoms with van der Waals surface area (Å²) in [5, 5.41) is 2.78.